The van der Waals surface area contributed by atoms with Gasteiger partial charge in [-0.1, -0.05) is 37.6 Å². The van der Waals surface area contributed by atoms with Crippen LogP contribution in [0.25, 0.3) is 0 Å². The van der Waals surface area contributed by atoms with Gasteiger partial charge >= 0.3 is 0 Å². The average Bonchev–Trinajstić information content (AvgIpc) is 2.18. The fourth-order valence-electron chi connectivity index (χ4n) is 1.59. The summed E-state index contributed by atoms with van der Waals surface area (Å²) in [5.41, 5.74) is 0.856. The van der Waals surface area contributed by atoms with Gasteiger partial charge in [0, 0.05) is 11.5 Å². The molecule has 0 fully saturated rings. The molecule has 0 saturated heterocycles. The lowest BCUT2D eigenvalue weighted by molar-refractivity contribution is -0.109. The Morgan fingerprint density at radius 3 is 2.53 bits per heavy atom. The van der Waals surface area contributed by atoms with Crippen molar-refractivity contribution in [3.05, 3.63) is 28.8 Å². The maximum Gasteiger partial charge on any atom is 0.141 e. The van der Waals surface area contributed by atoms with Gasteiger partial charge in [0.25, 0.3) is 0 Å². The second kappa shape index (κ2) is 5.17. The summed E-state index contributed by atoms with van der Waals surface area (Å²) in [5.74, 6) is 0.665. The van der Waals surface area contributed by atoms with Gasteiger partial charge in [0.05, 0.1) is 12.1 Å². The fourth-order valence-corrected chi connectivity index (χ4v) is 1.85. The summed E-state index contributed by atoms with van der Waals surface area (Å²) in [4.78, 5) is 11.0. The van der Waals surface area contributed by atoms with Crippen LogP contribution in [0.5, 0.6) is 5.75 Å². The Balaban J connectivity index is 3.22. The van der Waals surface area contributed by atoms with Crippen LogP contribution in [0.1, 0.15) is 25.3 Å². The number of aldehydes is 1. The van der Waals surface area contributed by atoms with Crippen LogP contribution in [0.15, 0.2) is 18.2 Å². The number of benzene rings is 1. The van der Waals surface area contributed by atoms with Gasteiger partial charge in [-0.2, -0.15) is 0 Å². The van der Waals surface area contributed by atoms with E-state index < -0.39 is 0 Å². The standard InChI is InChI=1S/C12H15ClO2/c1-8(2)10(7-14)9-5-4-6-11(13)12(9)15-3/h4-8,10H,1-3H3. The molecule has 1 aromatic rings. The first-order valence-electron chi connectivity index (χ1n) is 4.89. The molecule has 0 aliphatic rings. The molecule has 1 aromatic carbocycles. The highest BCUT2D eigenvalue weighted by Gasteiger charge is 2.20. The number of methoxy groups -OCH3 is 1. The van der Waals surface area contributed by atoms with E-state index in [1.807, 2.05) is 26.0 Å². The minimum atomic E-state index is -0.168. The number of para-hydroxylation sites is 1. The van der Waals surface area contributed by atoms with Gasteiger partial charge in [-0.3, -0.25) is 0 Å². The minimum absolute atomic E-state index is 0.168. The molecule has 0 bridgehead atoms. The Bertz CT molecular complexity index is 347. The van der Waals surface area contributed by atoms with Gasteiger partial charge in [0.2, 0.25) is 0 Å². The van der Waals surface area contributed by atoms with Crippen LogP contribution < -0.4 is 4.74 Å². The molecule has 15 heavy (non-hydrogen) atoms. The van der Waals surface area contributed by atoms with E-state index in [-0.39, 0.29) is 11.8 Å². The molecule has 0 aliphatic heterocycles. The van der Waals surface area contributed by atoms with Crippen molar-refractivity contribution in [1.82, 2.24) is 0 Å². The smallest absolute Gasteiger partial charge is 0.141 e. The summed E-state index contributed by atoms with van der Waals surface area (Å²) in [6.07, 6.45) is 0.943. The van der Waals surface area contributed by atoms with Crippen molar-refractivity contribution >= 4 is 17.9 Å². The lowest BCUT2D eigenvalue weighted by Crippen LogP contribution is -2.09. The highest BCUT2D eigenvalue weighted by Crippen LogP contribution is 2.35. The zero-order valence-corrected chi connectivity index (χ0v) is 9.91. The normalized spacial score (nSPS) is 12.6. The molecule has 3 heteroatoms. The first-order chi connectivity index (χ1) is 7.11. The van der Waals surface area contributed by atoms with E-state index in [1.165, 1.54) is 0 Å². The van der Waals surface area contributed by atoms with Crippen molar-refractivity contribution in [2.24, 2.45) is 5.92 Å². The van der Waals surface area contributed by atoms with Crippen LogP contribution in [0, 0.1) is 5.92 Å². The second-order valence-corrected chi connectivity index (χ2v) is 4.18. The summed E-state index contributed by atoms with van der Waals surface area (Å²) < 4.78 is 5.22. The van der Waals surface area contributed by atoms with Gasteiger partial charge in [-0.25, -0.2) is 0 Å². The molecule has 0 amide bonds. The van der Waals surface area contributed by atoms with Crippen LogP contribution in [0.2, 0.25) is 5.02 Å². The monoisotopic (exact) mass is 226 g/mol. The number of hydrogen-bond acceptors (Lipinski definition) is 2. The van der Waals surface area contributed by atoms with E-state index >= 15 is 0 Å². The molecule has 0 spiro atoms. The molecule has 82 valence electrons. The van der Waals surface area contributed by atoms with E-state index in [9.17, 15) is 4.79 Å². The van der Waals surface area contributed by atoms with E-state index in [1.54, 1.807) is 13.2 Å². The second-order valence-electron chi connectivity index (χ2n) is 3.77. The minimum Gasteiger partial charge on any atom is -0.495 e. The number of hydrogen-bond donors (Lipinski definition) is 0. The van der Waals surface area contributed by atoms with Crippen molar-refractivity contribution < 1.29 is 9.53 Å². The van der Waals surface area contributed by atoms with E-state index in [0.29, 0.717) is 10.8 Å². The predicted octanol–water partition coefficient (Wildman–Crippen LogP) is 3.29. The van der Waals surface area contributed by atoms with Crippen molar-refractivity contribution in [2.75, 3.05) is 7.11 Å². The molecule has 1 rings (SSSR count). The molecule has 0 heterocycles. The van der Waals surface area contributed by atoms with Crippen LogP contribution >= 0.6 is 11.6 Å². The zero-order chi connectivity index (χ0) is 11.4. The summed E-state index contributed by atoms with van der Waals surface area (Å²) in [6.45, 7) is 4.00. The Kier molecular flexibility index (Phi) is 4.15. The molecule has 0 N–H and O–H groups in total. The SMILES string of the molecule is COc1c(Cl)cccc1C(C=O)C(C)C. The summed E-state index contributed by atoms with van der Waals surface area (Å²) >= 11 is 5.99. The Hall–Kier alpha value is -1.02. The third-order valence-corrected chi connectivity index (χ3v) is 2.72. The Morgan fingerprint density at radius 2 is 2.07 bits per heavy atom. The lowest BCUT2D eigenvalue weighted by Gasteiger charge is -2.18. The van der Waals surface area contributed by atoms with Gasteiger partial charge < -0.3 is 9.53 Å². The van der Waals surface area contributed by atoms with E-state index in [0.717, 1.165) is 11.8 Å². The topological polar surface area (TPSA) is 26.3 Å². The summed E-state index contributed by atoms with van der Waals surface area (Å²) in [6, 6.07) is 5.47. The van der Waals surface area contributed by atoms with Crippen LogP contribution in [0.3, 0.4) is 0 Å². The molecular weight excluding hydrogens is 212 g/mol. The Morgan fingerprint density at radius 1 is 1.40 bits per heavy atom. The first-order valence-corrected chi connectivity index (χ1v) is 5.27. The lowest BCUT2D eigenvalue weighted by atomic mass is 9.89. The molecule has 0 saturated carbocycles. The molecule has 1 atom stereocenters. The molecule has 0 aliphatic carbocycles. The fraction of sp³-hybridized carbons (Fsp3) is 0.417. The van der Waals surface area contributed by atoms with Crippen LogP contribution in [0.4, 0.5) is 0 Å². The quantitative estimate of drug-likeness (QED) is 0.737. The van der Waals surface area contributed by atoms with Crippen LogP contribution in [-0.4, -0.2) is 13.4 Å². The number of ether oxygens (including phenoxy) is 1. The van der Waals surface area contributed by atoms with Crippen molar-refractivity contribution in [3.63, 3.8) is 0 Å². The molecule has 0 radical (unpaired) electrons. The zero-order valence-electron chi connectivity index (χ0n) is 9.16. The van der Waals surface area contributed by atoms with Gasteiger partial charge in [-0.05, 0) is 12.0 Å². The number of rotatable bonds is 4. The summed E-state index contributed by atoms with van der Waals surface area (Å²) in [7, 11) is 1.56. The summed E-state index contributed by atoms with van der Waals surface area (Å²) in [5, 5.41) is 0.544. The number of carbonyl (C=O) groups is 1. The largest absolute Gasteiger partial charge is 0.495 e. The number of halogens is 1. The maximum absolute atomic E-state index is 11.0. The average molecular weight is 227 g/mol. The van der Waals surface area contributed by atoms with E-state index in [4.69, 9.17) is 16.3 Å². The van der Waals surface area contributed by atoms with Crippen molar-refractivity contribution in [1.29, 1.82) is 0 Å². The van der Waals surface area contributed by atoms with E-state index in [2.05, 4.69) is 0 Å². The van der Waals surface area contributed by atoms with Crippen LogP contribution in [-0.2, 0) is 4.79 Å². The third kappa shape index (κ3) is 2.51. The number of carbonyl (C=O) groups excluding carboxylic acids is 1. The van der Waals surface area contributed by atoms with Crippen molar-refractivity contribution in [2.45, 2.75) is 19.8 Å². The predicted molar refractivity (Wildman–Crippen MR) is 61.6 cm³/mol. The highest BCUT2D eigenvalue weighted by molar-refractivity contribution is 6.32. The Labute approximate surface area is 95.2 Å². The maximum atomic E-state index is 11.0. The first kappa shape index (κ1) is 12.1. The molecule has 1 unspecified atom stereocenters. The van der Waals surface area contributed by atoms with Gasteiger partial charge in [0.15, 0.2) is 0 Å². The van der Waals surface area contributed by atoms with Crippen molar-refractivity contribution in [3.8, 4) is 5.75 Å². The highest BCUT2D eigenvalue weighted by atomic mass is 35.5. The molecular formula is C12H15ClO2. The molecule has 2 nitrogen and oxygen atoms in total. The molecule has 0 aromatic heterocycles. The third-order valence-electron chi connectivity index (χ3n) is 2.43. The van der Waals surface area contributed by atoms with Gasteiger partial charge in [0.1, 0.15) is 12.0 Å². The van der Waals surface area contributed by atoms with Gasteiger partial charge in [-0.15, -0.1) is 0 Å².